The number of hydrogen-bond donors (Lipinski definition) is 0. The highest BCUT2D eigenvalue weighted by Gasteiger charge is 2.33. The van der Waals surface area contributed by atoms with Crippen molar-refractivity contribution in [3.63, 3.8) is 0 Å². The van der Waals surface area contributed by atoms with Crippen LogP contribution in [0.2, 0.25) is 0 Å². The summed E-state index contributed by atoms with van der Waals surface area (Å²) >= 11 is 0. The highest BCUT2D eigenvalue weighted by atomic mass is 19.4. The van der Waals surface area contributed by atoms with Crippen LogP contribution in [-0.4, -0.2) is 0 Å². The van der Waals surface area contributed by atoms with Crippen molar-refractivity contribution in [1.29, 1.82) is 0 Å². The third-order valence-corrected chi connectivity index (χ3v) is 2.80. The van der Waals surface area contributed by atoms with Gasteiger partial charge in [-0.15, -0.1) is 0 Å². The molecule has 0 atom stereocenters. The molecule has 0 unspecified atom stereocenters. The molecular weight excluding hydrogens is 321 g/mol. The van der Waals surface area contributed by atoms with Crippen LogP contribution in [0.25, 0.3) is 10.4 Å². The van der Waals surface area contributed by atoms with Gasteiger partial charge in [-0.1, -0.05) is 16.7 Å². The third kappa shape index (κ3) is 3.70. The minimum Gasteiger partial charge on any atom is -0.451 e. The molecule has 4 nitrogen and oxygen atoms in total. The average Bonchev–Trinajstić information content (AvgIpc) is 2.44. The zero-order valence-electron chi connectivity index (χ0n) is 11.5. The molecule has 0 N–H and O–H groups in total. The number of nitrogens with zero attached hydrogens (tertiary/aromatic N) is 3. The molecule has 23 heavy (non-hydrogen) atoms. The Labute approximate surface area is 126 Å². The Morgan fingerprint density at radius 1 is 1.09 bits per heavy atom. The average molecular weight is 329 g/mol. The fourth-order valence-corrected chi connectivity index (χ4v) is 1.77. The van der Waals surface area contributed by atoms with E-state index >= 15 is 0 Å². The molecule has 2 aromatic carbocycles. The van der Waals surface area contributed by atoms with Crippen molar-refractivity contribution in [2.24, 2.45) is 5.11 Å². The fraction of sp³-hybridized carbons (Fsp3) is 0.143. The first-order chi connectivity index (χ1) is 10.7. The maximum absolute atomic E-state index is 13.8. The quantitative estimate of drug-likeness (QED) is 0.294. The molecule has 0 bridgehead atoms. The Balaban J connectivity index is 2.48. The largest absolute Gasteiger partial charge is 0.451 e. The van der Waals surface area contributed by atoms with Gasteiger partial charge >= 0.3 is 6.18 Å². The molecule has 0 saturated carbocycles. The van der Waals surface area contributed by atoms with Gasteiger partial charge in [-0.05, 0) is 36.7 Å². The van der Waals surface area contributed by atoms with Crippen LogP contribution in [0.3, 0.4) is 0 Å². The van der Waals surface area contributed by atoms with Gasteiger partial charge in [-0.25, -0.2) is 8.78 Å². The Morgan fingerprint density at radius 2 is 1.70 bits per heavy atom. The Morgan fingerprint density at radius 3 is 2.22 bits per heavy atom. The number of benzene rings is 2. The molecule has 0 aliphatic rings. The Hall–Kier alpha value is -2.80. The minimum atomic E-state index is -4.89. The number of ether oxygens (including phenoxy) is 1. The van der Waals surface area contributed by atoms with Crippen LogP contribution < -0.4 is 4.74 Å². The topological polar surface area (TPSA) is 58.0 Å². The molecule has 0 heterocycles. The van der Waals surface area contributed by atoms with Crippen LogP contribution in [0.5, 0.6) is 11.5 Å². The molecule has 9 heteroatoms. The monoisotopic (exact) mass is 329 g/mol. The highest BCUT2D eigenvalue weighted by molar-refractivity contribution is 5.55. The van der Waals surface area contributed by atoms with Crippen molar-refractivity contribution < 1.29 is 26.7 Å². The second-order valence-corrected chi connectivity index (χ2v) is 4.53. The lowest BCUT2D eigenvalue weighted by Crippen LogP contribution is -2.07. The second kappa shape index (κ2) is 6.13. The minimum absolute atomic E-state index is 0.0498. The predicted molar refractivity (Wildman–Crippen MR) is 71.4 cm³/mol. The summed E-state index contributed by atoms with van der Waals surface area (Å²) in [5.41, 5.74) is 7.63. The van der Waals surface area contributed by atoms with E-state index in [4.69, 9.17) is 10.3 Å². The van der Waals surface area contributed by atoms with Crippen molar-refractivity contribution >= 4 is 5.69 Å². The SMILES string of the molecule is Cc1ccc(Oc2c(F)cc(C(F)(F)F)cc2F)c(N=[N+]=[N-])c1. The zero-order valence-corrected chi connectivity index (χ0v) is 11.5. The Bertz CT molecular complexity index is 774. The molecule has 0 saturated heterocycles. The summed E-state index contributed by atoms with van der Waals surface area (Å²) in [5.74, 6) is -4.25. The van der Waals surface area contributed by atoms with Gasteiger partial charge in [-0.2, -0.15) is 13.2 Å². The van der Waals surface area contributed by atoms with Crippen LogP contribution in [0.4, 0.5) is 27.6 Å². The first kappa shape index (κ1) is 16.6. The summed E-state index contributed by atoms with van der Waals surface area (Å²) in [6.45, 7) is 1.68. The van der Waals surface area contributed by atoms with Gasteiger partial charge < -0.3 is 4.74 Å². The molecule has 2 rings (SSSR count). The van der Waals surface area contributed by atoms with E-state index in [1.165, 1.54) is 18.2 Å². The van der Waals surface area contributed by atoms with Gasteiger partial charge in [-0.3, -0.25) is 0 Å². The summed E-state index contributed by atoms with van der Waals surface area (Å²) in [7, 11) is 0. The van der Waals surface area contributed by atoms with E-state index < -0.39 is 29.1 Å². The third-order valence-electron chi connectivity index (χ3n) is 2.80. The molecule has 0 aliphatic carbocycles. The number of hydrogen-bond acceptors (Lipinski definition) is 2. The smallest absolute Gasteiger partial charge is 0.416 e. The van der Waals surface area contributed by atoms with E-state index in [9.17, 15) is 22.0 Å². The van der Waals surface area contributed by atoms with Crippen LogP contribution >= 0.6 is 0 Å². The first-order valence-corrected chi connectivity index (χ1v) is 6.12. The summed E-state index contributed by atoms with van der Waals surface area (Å²) in [6.07, 6.45) is -4.89. The Kier molecular flexibility index (Phi) is 4.42. The van der Waals surface area contributed by atoms with E-state index in [0.717, 1.165) is 0 Å². The van der Waals surface area contributed by atoms with Crippen LogP contribution in [0.1, 0.15) is 11.1 Å². The molecule has 0 aromatic heterocycles. The lowest BCUT2D eigenvalue weighted by atomic mass is 10.2. The van der Waals surface area contributed by atoms with Crippen LogP contribution in [0, 0.1) is 18.6 Å². The second-order valence-electron chi connectivity index (χ2n) is 4.53. The van der Waals surface area contributed by atoms with Crippen molar-refractivity contribution in [1.82, 2.24) is 0 Å². The summed E-state index contributed by atoms with van der Waals surface area (Å²) < 4.78 is 69.9. The van der Waals surface area contributed by atoms with E-state index in [-0.39, 0.29) is 23.6 Å². The van der Waals surface area contributed by atoms with Crippen LogP contribution in [-0.2, 0) is 6.18 Å². The maximum Gasteiger partial charge on any atom is 0.416 e. The number of azide groups is 1. The summed E-state index contributed by atoms with van der Waals surface area (Å²) in [4.78, 5) is 2.55. The number of rotatable bonds is 3. The normalized spacial score (nSPS) is 11.0. The molecular formula is C14H8F5N3O. The molecule has 0 fully saturated rings. The molecule has 0 radical (unpaired) electrons. The lowest BCUT2D eigenvalue weighted by Gasteiger charge is -2.13. The molecule has 2 aromatic rings. The summed E-state index contributed by atoms with van der Waals surface area (Å²) in [5, 5.41) is 3.31. The van der Waals surface area contributed by atoms with Crippen molar-refractivity contribution in [3.05, 3.63) is 63.5 Å². The standard InChI is InChI=1S/C14H8F5N3O/c1-7-2-3-12(11(4-7)21-22-20)23-13-9(15)5-8(6-10(13)16)14(17,18)19/h2-6H,1H3. The van der Waals surface area contributed by atoms with E-state index in [0.29, 0.717) is 5.56 Å². The van der Waals surface area contributed by atoms with E-state index in [1.807, 2.05) is 0 Å². The molecule has 0 spiro atoms. The van der Waals surface area contributed by atoms with E-state index in [2.05, 4.69) is 10.0 Å². The van der Waals surface area contributed by atoms with Gasteiger partial charge in [0.15, 0.2) is 17.4 Å². The van der Waals surface area contributed by atoms with Crippen LogP contribution in [0.15, 0.2) is 35.4 Å². The molecule has 0 amide bonds. The first-order valence-electron chi connectivity index (χ1n) is 6.12. The van der Waals surface area contributed by atoms with Crippen molar-refractivity contribution in [3.8, 4) is 11.5 Å². The van der Waals surface area contributed by atoms with Gasteiger partial charge in [0.25, 0.3) is 0 Å². The number of halogens is 5. The zero-order chi connectivity index (χ0) is 17.2. The number of aryl methyl sites for hydroxylation is 1. The maximum atomic E-state index is 13.8. The molecule has 0 aliphatic heterocycles. The van der Waals surface area contributed by atoms with Gasteiger partial charge in [0.2, 0.25) is 0 Å². The lowest BCUT2D eigenvalue weighted by molar-refractivity contribution is -0.138. The van der Waals surface area contributed by atoms with Gasteiger partial charge in [0.05, 0.1) is 11.3 Å². The number of alkyl halides is 3. The van der Waals surface area contributed by atoms with Crippen molar-refractivity contribution in [2.45, 2.75) is 13.1 Å². The predicted octanol–water partition coefficient (Wildman–Crippen LogP) is 6.03. The molecule has 120 valence electrons. The van der Waals surface area contributed by atoms with E-state index in [1.54, 1.807) is 6.92 Å². The van der Waals surface area contributed by atoms with Gasteiger partial charge in [0.1, 0.15) is 5.75 Å². The highest BCUT2D eigenvalue weighted by Crippen LogP contribution is 2.38. The van der Waals surface area contributed by atoms with Crippen molar-refractivity contribution in [2.75, 3.05) is 0 Å². The van der Waals surface area contributed by atoms with Gasteiger partial charge in [0, 0.05) is 4.91 Å². The summed E-state index contributed by atoms with van der Waals surface area (Å²) in [6, 6.07) is 4.45. The fourth-order valence-electron chi connectivity index (χ4n) is 1.77.